The predicted molar refractivity (Wildman–Crippen MR) is 112 cm³/mol. The summed E-state index contributed by atoms with van der Waals surface area (Å²) in [4.78, 5) is 19.3. The van der Waals surface area contributed by atoms with Gasteiger partial charge in [-0.3, -0.25) is 14.4 Å². The van der Waals surface area contributed by atoms with Crippen LogP contribution in [0.15, 0.2) is 54.7 Å². The van der Waals surface area contributed by atoms with Gasteiger partial charge < -0.3 is 10.1 Å². The van der Waals surface area contributed by atoms with Gasteiger partial charge in [0.05, 0.1) is 25.5 Å². The highest BCUT2D eigenvalue weighted by molar-refractivity contribution is 5.91. The Morgan fingerprint density at radius 3 is 2.90 bits per heavy atom. The molecular formula is C22H26N6O2. The van der Waals surface area contributed by atoms with E-state index in [2.05, 4.69) is 25.5 Å². The maximum absolute atomic E-state index is 12.4. The van der Waals surface area contributed by atoms with E-state index in [1.165, 1.54) is 0 Å². The molecule has 1 aromatic carbocycles. The van der Waals surface area contributed by atoms with E-state index in [1.54, 1.807) is 18.0 Å². The van der Waals surface area contributed by atoms with Crippen LogP contribution in [0.2, 0.25) is 0 Å². The summed E-state index contributed by atoms with van der Waals surface area (Å²) in [6.45, 7) is 2.95. The van der Waals surface area contributed by atoms with E-state index in [0.29, 0.717) is 30.7 Å². The highest BCUT2D eigenvalue weighted by Crippen LogP contribution is 2.21. The number of hydrogen-bond acceptors (Lipinski definition) is 6. The lowest BCUT2D eigenvalue weighted by molar-refractivity contribution is 0.0946. The van der Waals surface area contributed by atoms with Crippen LogP contribution in [0.1, 0.15) is 34.6 Å². The first-order valence-electron chi connectivity index (χ1n) is 10.2. The number of nitrogens with one attached hydrogen (secondary N) is 1. The van der Waals surface area contributed by atoms with E-state index in [4.69, 9.17) is 4.74 Å². The van der Waals surface area contributed by atoms with Crippen LogP contribution in [0, 0.1) is 0 Å². The van der Waals surface area contributed by atoms with Gasteiger partial charge in [0.1, 0.15) is 0 Å². The van der Waals surface area contributed by atoms with Crippen LogP contribution in [0.5, 0.6) is 5.88 Å². The average Bonchev–Trinajstić information content (AvgIpc) is 3.43. The van der Waals surface area contributed by atoms with Crippen molar-refractivity contribution in [2.45, 2.75) is 38.5 Å². The van der Waals surface area contributed by atoms with E-state index in [-0.39, 0.29) is 5.91 Å². The minimum absolute atomic E-state index is 0.214. The zero-order chi connectivity index (χ0) is 20.8. The maximum atomic E-state index is 12.4. The molecule has 30 heavy (non-hydrogen) atoms. The topological polar surface area (TPSA) is 85.2 Å². The second-order valence-electron chi connectivity index (χ2n) is 7.43. The lowest BCUT2D eigenvalue weighted by Crippen LogP contribution is -2.33. The van der Waals surface area contributed by atoms with Crippen LogP contribution in [-0.2, 0) is 19.6 Å². The predicted octanol–water partition coefficient (Wildman–Crippen LogP) is 2.28. The summed E-state index contributed by atoms with van der Waals surface area (Å²) in [7, 11) is 1.63. The van der Waals surface area contributed by atoms with E-state index in [1.807, 2.05) is 48.5 Å². The third kappa shape index (κ3) is 5.01. The fourth-order valence-corrected chi connectivity index (χ4v) is 3.75. The quantitative estimate of drug-likeness (QED) is 0.618. The summed E-state index contributed by atoms with van der Waals surface area (Å²) in [5.74, 6) is 0.416. The number of benzene rings is 1. The molecule has 1 saturated heterocycles. The number of likely N-dealkylation sites (tertiary alicyclic amines) is 1. The van der Waals surface area contributed by atoms with Crippen molar-refractivity contribution in [2.75, 3.05) is 13.7 Å². The zero-order valence-corrected chi connectivity index (χ0v) is 17.1. The summed E-state index contributed by atoms with van der Waals surface area (Å²) in [6, 6.07) is 16.0. The smallest absolute Gasteiger partial charge is 0.273 e. The van der Waals surface area contributed by atoms with Crippen LogP contribution >= 0.6 is 0 Å². The standard InChI is InChI=1S/C22H26N6O2/c1-30-21-11-5-9-18(24-21)14-27-12-6-10-19(27)15-28-16-20(25-26-28)22(29)23-13-17-7-3-2-4-8-17/h2-5,7-9,11,16,19H,6,10,12-15H2,1H3,(H,23,29)/t19-/m0/s1. The van der Waals surface area contributed by atoms with Gasteiger partial charge in [-0.15, -0.1) is 5.10 Å². The summed E-state index contributed by atoms with van der Waals surface area (Å²) in [5, 5.41) is 11.1. The lowest BCUT2D eigenvalue weighted by atomic mass is 10.2. The number of amides is 1. The molecule has 8 nitrogen and oxygen atoms in total. The third-order valence-corrected chi connectivity index (χ3v) is 5.32. The monoisotopic (exact) mass is 406 g/mol. The average molecular weight is 406 g/mol. The largest absolute Gasteiger partial charge is 0.481 e. The van der Waals surface area contributed by atoms with Gasteiger partial charge in [-0.05, 0) is 31.0 Å². The Morgan fingerprint density at radius 1 is 1.20 bits per heavy atom. The van der Waals surface area contributed by atoms with Gasteiger partial charge in [-0.2, -0.15) is 0 Å². The molecule has 2 aromatic heterocycles. The highest BCUT2D eigenvalue weighted by Gasteiger charge is 2.26. The fourth-order valence-electron chi connectivity index (χ4n) is 3.75. The zero-order valence-electron chi connectivity index (χ0n) is 17.1. The molecule has 0 bridgehead atoms. The molecule has 1 aliphatic rings. The number of hydrogen-bond donors (Lipinski definition) is 1. The number of pyridine rings is 1. The van der Waals surface area contributed by atoms with Gasteiger partial charge in [-0.1, -0.05) is 41.6 Å². The first-order chi connectivity index (χ1) is 14.7. The van der Waals surface area contributed by atoms with Gasteiger partial charge in [0.2, 0.25) is 5.88 Å². The van der Waals surface area contributed by atoms with Gasteiger partial charge in [0.15, 0.2) is 5.69 Å². The number of carbonyl (C=O) groups is 1. The van der Waals surface area contributed by atoms with Crippen molar-refractivity contribution in [3.05, 3.63) is 71.7 Å². The number of methoxy groups -OCH3 is 1. The normalized spacial score (nSPS) is 16.5. The lowest BCUT2D eigenvalue weighted by Gasteiger charge is -2.23. The van der Waals surface area contributed by atoms with Crippen molar-refractivity contribution in [3.8, 4) is 5.88 Å². The second kappa shape index (κ2) is 9.49. The first kappa shape index (κ1) is 20.0. The molecule has 0 aliphatic carbocycles. The minimum atomic E-state index is -0.214. The molecule has 0 saturated carbocycles. The Kier molecular flexibility index (Phi) is 6.34. The molecule has 0 radical (unpaired) electrons. The first-order valence-corrected chi connectivity index (χ1v) is 10.2. The van der Waals surface area contributed by atoms with Crippen molar-refractivity contribution in [2.24, 2.45) is 0 Å². The molecule has 3 heterocycles. The summed E-state index contributed by atoms with van der Waals surface area (Å²) in [6.07, 6.45) is 3.94. The van der Waals surface area contributed by atoms with Crippen molar-refractivity contribution >= 4 is 5.91 Å². The molecule has 0 unspecified atom stereocenters. The van der Waals surface area contributed by atoms with Crippen LogP contribution in [0.3, 0.4) is 0 Å². The van der Waals surface area contributed by atoms with Gasteiger partial charge >= 0.3 is 0 Å². The Labute approximate surface area is 175 Å². The number of nitrogens with zero attached hydrogens (tertiary/aromatic N) is 5. The number of carbonyl (C=O) groups excluding carboxylic acids is 1. The Balaban J connectivity index is 1.33. The Hall–Kier alpha value is -3.26. The molecule has 1 fully saturated rings. The minimum Gasteiger partial charge on any atom is -0.481 e. The fraction of sp³-hybridized carbons (Fsp3) is 0.364. The molecule has 156 valence electrons. The molecular weight excluding hydrogens is 380 g/mol. The van der Waals surface area contributed by atoms with Gasteiger partial charge in [0, 0.05) is 25.2 Å². The number of rotatable bonds is 8. The molecule has 3 aromatic rings. The highest BCUT2D eigenvalue weighted by atomic mass is 16.5. The Morgan fingerprint density at radius 2 is 2.07 bits per heavy atom. The Bertz CT molecular complexity index is 975. The van der Waals surface area contributed by atoms with Crippen molar-refractivity contribution in [3.63, 3.8) is 0 Å². The molecule has 1 N–H and O–H groups in total. The molecule has 4 rings (SSSR count). The number of aromatic nitrogens is 4. The van der Waals surface area contributed by atoms with E-state index >= 15 is 0 Å². The van der Waals surface area contributed by atoms with Crippen LogP contribution < -0.4 is 10.1 Å². The molecule has 8 heteroatoms. The van der Waals surface area contributed by atoms with E-state index < -0.39 is 0 Å². The van der Waals surface area contributed by atoms with E-state index in [9.17, 15) is 4.79 Å². The second-order valence-corrected chi connectivity index (χ2v) is 7.43. The molecule has 1 amide bonds. The summed E-state index contributed by atoms with van der Waals surface area (Å²) in [5.41, 5.74) is 2.37. The molecule has 1 atom stereocenters. The van der Waals surface area contributed by atoms with Crippen molar-refractivity contribution in [1.82, 2.24) is 30.2 Å². The third-order valence-electron chi connectivity index (χ3n) is 5.32. The maximum Gasteiger partial charge on any atom is 0.273 e. The van der Waals surface area contributed by atoms with Crippen molar-refractivity contribution < 1.29 is 9.53 Å². The number of ether oxygens (including phenoxy) is 1. The van der Waals surface area contributed by atoms with Crippen LogP contribution in [-0.4, -0.2) is 50.5 Å². The van der Waals surface area contributed by atoms with Crippen LogP contribution in [0.25, 0.3) is 0 Å². The van der Waals surface area contributed by atoms with E-state index in [0.717, 1.165) is 37.2 Å². The summed E-state index contributed by atoms with van der Waals surface area (Å²) >= 11 is 0. The van der Waals surface area contributed by atoms with Gasteiger partial charge in [0.25, 0.3) is 5.91 Å². The molecule has 0 spiro atoms. The van der Waals surface area contributed by atoms with Gasteiger partial charge in [-0.25, -0.2) is 4.98 Å². The van der Waals surface area contributed by atoms with Crippen molar-refractivity contribution in [1.29, 1.82) is 0 Å². The SMILES string of the molecule is COc1cccc(CN2CCC[C@H]2Cn2cc(C(=O)NCc3ccccc3)nn2)n1. The molecule has 1 aliphatic heterocycles. The van der Waals surface area contributed by atoms with Crippen LogP contribution in [0.4, 0.5) is 0 Å². The summed E-state index contributed by atoms with van der Waals surface area (Å²) < 4.78 is 6.99.